The van der Waals surface area contributed by atoms with Crippen molar-refractivity contribution >= 4 is 10.9 Å². The molecule has 0 unspecified atom stereocenters. The highest BCUT2D eigenvalue weighted by Crippen LogP contribution is 2.07. The van der Waals surface area contributed by atoms with E-state index in [-0.39, 0.29) is 5.56 Å². The molecule has 1 aromatic carbocycles. The van der Waals surface area contributed by atoms with Crippen LogP contribution in [0.1, 0.15) is 19.7 Å². The van der Waals surface area contributed by atoms with Crippen LogP contribution in [-0.4, -0.2) is 27.6 Å². The average Bonchev–Trinajstić information content (AvgIpc) is 2.41. The van der Waals surface area contributed by atoms with E-state index in [9.17, 15) is 4.79 Å². The molecule has 96 valence electrons. The van der Waals surface area contributed by atoms with E-state index >= 15 is 0 Å². The minimum absolute atomic E-state index is 0.192. The van der Waals surface area contributed by atoms with Crippen LogP contribution in [0.3, 0.4) is 0 Å². The minimum Gasteiger partial charge on any atom is -0.335 e. The van der Waals surface area contributed by atoms with Crippen LogP contribution in [-0.2, 0) is 6.54 Å². The fourth-order valence-electron chi connectivity index (χ4n) is 1.95. The van der Waals surface area contributed by atoms with Gasteiger partial charge in [0.15, 0.2) is 0 Å². The molecule has 1 heterocycles. The van der Waals surface area contributed by atoms with Gasteiger partial charge >= 0.3 is 0 Å². The van der Waals surface area contributed by atoms with E-state index in [2.05, 4.69) is 23.7 Å². The van der Waals surface area contributed by atoms with Gasteiger partial charge in [0.05, 0.1) is 17.4 Å². The van der Waals surface area contributed by atoms with Crippen LogP contribution in [0.4, 0.5) is 0 Å². The second-order valence-corrected chi connectivity index (χ2v) is 4.18. The van der Waals surface area contributed by atoms with Crippen molar-refractivity contribution < 1.29 is 0 Å². The molecular weight excluding hydrogens is 228 g/mol. The van der Waals surface area contributed by atoms with Crippen molar-refractivity contribution in [1.82, 2.24) is 14.6 Å². The molecule has 0 amide bonds. The number of hydrogen-bond donors (Lipinski definition) is 1. The van der Waals surface area contributed by atoms with Crippen molar-refractivity contribution in [3.05, 3.63) is 40.4 Å². The lowest BCUT2D eigenvalue weighted by molar-refractivity contribution is 0.285. The molecule has 0 aliphatic carbocycles. The van der Waals surface area contributed by atoms with E-state index in [0.717, 1.165) is 17.8 Å². The molecule has 0 bridgehead atoms. The van der Waals surface area contributed by atoms with Crippen molar-refractivity contribution in [2.75, 3.05) is 18.9 Å². The number of nitrogens with two attached hydrogens (primary N) is 1. The van der Waals surface area contributed by atoms with Gasteiger partial charge in [-0.3, -0.25) is 9.69 Å². The molecule has 18 heavy (non-hydrogen) atoms. The summed E-state index contributed by atoms with van der Waals surface area (Å²) in [6, 6.07) is 7.27. The maximum atomic E-state index is 12.1. The molecule has 2 N–H and O–H groups in total. The van der Waals surface area contributed by atoms with Gasteiger partial charge in [0.25, 0.3) is 5.56 Å². The first-order valence-corrected chi connectivity index (χ1v) is 6.15. The maximum absolute atomic E-state index is 12.1. The summed E-state index contributed by atoms with van der Waals surface area (Å²) in [5.41, 5.74) is 0.508. The Kier molecular flexibility index (Phi) is 3.62. The Morgan fingerprint density at radius 1 is 1.28 bits per heavy atom. The number of benzene rings is 1. The largest absolute Gasteiger partial charge is 0.335 e. The monoisotopic (exact) mass is 246 g/mol. The average molecular weight is 246 g/mol. The molecule has 5 heteroatoms. The van der Waals surface area contributed by atoms with Gasteiger partial charge in [-0.1, -0.05) is 26.0 Å². The van der Waals surface area contributed by atoms with Crippen LogP contribution >= 0.6 is 0 Å². The number of fused-ring (bicyclic) bond motifs is 1. The van der Waals surface area contributed by atoms with Gasteiger partial charge in [-0.05, 0) is 25.2 Å². The van der Waals surface area contributed by atoms with Crippen molar-refractivity contribution in [2.45, 2.75) is 20.4 Å². The van der Waals surface area contributed by atoms with Crippen molar-refractivity contribution in [2.24, 2.45) is 0 Å². The van der Waals surface area contributed by atoms with Gasteiger partial charge in [0, 0.05) is 0 Å². The van der Waals surface area contributed by atoms with Crippen molar-refractivity contribution in [3.8, 4) is 0 Å². The standard InChI is InChI=1S/C13H18N4O/c1-3-16(4-2)9-12-15-11-8-6-5-7-10(11)13(18)17(12)14/h5-8H,3-4,9,14H2,1-2H3. The molecular formula is C13H18N4O. The molecule has 2 aromatic rings. The zero-order valence-corrected chi connectivity index (χ0v) is 10.8. The van der Waals surface area contributed by atoms with E-state index in [1.165, 1.54) is 0 Å². The van der Waals surface area contributed by atoms with E-state index in [1.807, 2.05) is 18.2 Å². The molecule has 0 atom stereocenters. The molecule has 0 saturated heterocycles. The van der Waals surface area contributed by atoms with Gasteiger partial charge < -0.3 is 5.84 Å². The number of aromatic nitrogens is 2. The first kappa shape index (κ1) is 12.6. The summed E-state index contributed by atoms with van der Waals surface area (Å²) in [6.07, 6.45) is 0. The Hall–Kier alpha value is -1.88. The highest BCUT2D eigenvalue weighted by atomic mass is 16.1. The number of nitrogens with zero attached hydrogens (tertiary/aromatic N) is 3. The van der Waals surface area contributed by atoms with E-state index in [4.69, 9.17) is 5.84 Å². The summed E-state index contributed by atoms with van der Waals surface area (Å²) in [6.45, 7) is 6.54. The number of para-hydroxylation sites is 1. The first-order chi connectivity index (χ1) is 8.67. The molecule has 0 saturated carbocycles. The third-order valence-electron chi connectivity index (χ3n) is 3.14. The summed E-state index contributed by atoms with van der Waals surface area (Å²) in [5, 5.41) is 0.559. The number of nitrogen functional groups attached to an aromatic ring is 1. The zero-order chi connectivity index (χ0) is 13.1. The summed E-state index contributed by atoms with van der Waals surface area (Å²) in [5.74, 6) is 6.42. The van der Waals surface area contributed by atoms with Gasteiger partial charge in [-0.2, -0.15) is 0 Å². The Bertz CT molecular complexity index is 601. The second-order valence-electron chi connectivity index (χ2n) is 4.18. The van der Waals surface area contributed by atoms with Crippen LogP contribution in [0.2, 0.25) is 0 Å². The number of hydrogen-bond acceptors (Lipinski definition) is 4. The summed E-state index contributed by atoms with van der Waals surface area (Å²) >= 11 is 0. The van der Waals surface area contributed by atoms with E-state index < -0.39 is 0 Å². The smallest absolute Gasteiger partial charge is 0.279 e. The second kappa shape index (κ2) is 5.18. The summed E-state index contributed by atoms with van der Waals surface area (Å²) < 4.78 is 1.15. The van der Waals surface area contributed by atoms with Gasteiger partial charge in [-0.15, -0.1) is 0 Å². The molecule has 0 aliphatic rings. The van der Waals surface area contributed by atoms with Gasteiger partial charge in [0.1, 0.15) is 5.82 Å². The van der Waals surface area contributed by atoms with Crippen LogP contribution in [0.5, 0.6) is 0 Å². The van der Waals surface area contributed by atoms with E-state index in [0.29, 0.717) is 23.3 Å². The number of rotatable bonds is 4. The van der Waals surface area contributed by atoms with Crippen LogP contribution in [0, 0.1) is 0 Å². The third kappa shape index (κ3) is 2.22. The molecule has 0 aliphatic heterocycles. The Morgan fingerprint density at radius 2 is 1.94 bits per heavy atom. The van der Waals surface area contributed by atoms with Gasteiger partial charge in [-0.25, -0.2) is 9.66 Å². The Labute approximate surface area is 106 Å². The lowest BCUT2D eigenvalue weighted by Crippen LogP contribution is -2.35. The molecule has 0 radical (unpaired) electrons. The van der Waals surface area contributed by atoms with Crippen LogP contribution < -0.4 is 11.4 Å². The highest BCUT2D eigenvalue weighted by molar-refractivity contribution is 5.77. The Balaban J connectivity index is 2.52. The van der Waals surface area contributed by atoms with Crippen LogP contribution in [0.25, 0.3) is 10.9 Å². The first-order valence-electron chi connectivity index (χ1n) is 6.15. The Morgan fingerprint density at radius 3 is 2.61 bits per heavy atom. The normalized spacial score (nSPS) is 11.3. The topological polar surface area (TPSA) is 64.2 Å². The molecule has 2 rings (SSSR count). The van der Waals surface area contributed by atoms with Gasteiger partial charge in [0.2, 0.25) is 0 Å². The molecule has 0 spiro atoms. The molecule has 1 aromatic heterocycles. The lowest BCUT2D eigenvalue weighted by atomic mass is 10.2. The zero-order valence-electron chi connectivity index (χ0n) is 10.8. The molecule has 0 fully saturated rings. The fraction of sp³-hybridized carbons (Fsp3) is 0.385. The predicted molar refractivity (Wildman–Crippen MR) is 72.8 cm³/mol. The fourth-order valence-corrected chi connectivity index (χ4v) is 1.95. The maximum Gasteiger partial charge on any atom is 0.279 e. The van der Waals surface area contributed by atoms with Crippen LogP contribution in [0.15, 0.2) is 29.1 Å². The predicted octanol–water partition coefficient (Wildman–Crippen LogP) is 0.952. The molecule has 5 nitrogen and oxygen atoms in total. The summed E-state index contributed by atoms with van der Waals surface area (Å²) in [7, 11) is 0. The lowest BCUT2D eigenvalue weighted by Gasteiger charge is -2.18. The summed E-state index contributed by atoms with van der Waals surface area (Å²) in [4.78, 5) is 18.7. The minimum atomic E-state index is -0.192. The quantitative estimate of drug-likeness (QED) is 0.816. The SMILES string of the molecule is CCN(CC)Cc1nc2ccccc2c(=O)n1N. The van der Waals surface area contributed by atoms with E-state index in [1.54, 1.807) is 6.07 Å². The van der Waals surface area contributed by atoms with Crippen molar-refractivity contribution in [3.63, 3.8) is 0 Å². The highest BCUT2D eigenvalue weighted by Gasteiger charge is 2.10. The third-order valence-corrected chi connectivity index (χ3v) is 3.14. The van der Waals surface area contributed by atoms with Crippen molar-refractivity contribution in [1.29, 1.82) is 0 Å².